The number of rotatable bonds is 4. The highest BCUT2D eigenvalue weighted by Gasteiger charge is 2.31. The van der Waals surface area contributed by atoms with E-state index in [1.54, 1.807) is 0 Å². The Morgan fingerprint density at radius 3 is 2.10 bits per heavy atom. The Labute approximate surface area is 127 Å². The Balaban J connectivity index is 1.76. The molecule has 1 N–H and O–H groups in total. The minimum Gasteiger partial charge on any atom is -0.481 e. The molecule has 1 heterocycles. The van der Waals surface area contributed by atoms with Gasteiger partial charge in [0.25, 0.3) is 0 Å². The lowest BCUT2D eigenvalue weighted by Crippen LogP contribution is -2.41. The third-order valence-corrected chi connectivity index (χ3v) is 5.17. The van der Waals surface area contributed by atoms with Crippen molar-refractivity contribution in [2.45, 2.75) is 38.5 Å². The number of nitrogens with zero attached hydrogens (tertiary/aromatic N) is 2. The maximum absolute atomic E-state index is 12.5. The Bertz CT molecular complexity index is 370. The van der Waals surface area contributed by atoms with Gasteiger partial charge in [-0.05, 0) is 64.6 Å². The molecular weight excluding hydrogens is 268 g/mol. The van der Waals surface area contributed by atoms with Gasteiger partial charge in [-0.25, -0.2) is 0 Å². The van der Waals surface area contributed by atoms with E-state index in [0.29, 0.717) is 18.8 Å². The summed E-state index contributed by atoms with van der Waals surface area (Å²) in [6.07, 6.45) is 5.09. The zero-order chi connectivity index (χ0) is 15.4. The second-order valence-electron chi connectivity index (χ2n) is 6.85. The van der Waals surface area contributed by atoms with Crippen LogP contribution in [0.15, 0.2) is 0 Å². The van der Waals surface area contributed by atoms with Crippen molar-refractivity contribution < 1.29 is 14.7 Å². The highest BCUT2D eigenvalue weighted by Crippen LogP contribution is 2.30. The van der Waals surface area contributed by atoms with Gasteiger partial charge in [0.15, 0.2) is 0 Å². The summed E-state index contributed by atoms with van der Waals surface area (Å²) in [5.41, 5.74) is 0. The maximum atomic E-state index is 12.5. The number of likely N-dealkylation sites (tertiary alicyclic amines) is 1. The molecule has 0 aromatic carbocycles. The van der Waals surface area contributed by atoms with Crippen LogP contribution in [0.2, 0.25) is 0 Å². The number of piperidine rings is 1. The Morgan fingerprint density at radius 2 is 1.57 bits per heavy atom. The van der Waals surface area contributed by atoms with Crippen LogP contribution in [0.1, 0.15) is 38.5 Å². The quantitative estimate of drug-likeness (QED) is 0.857. The topological polar surface area (TPSA) is 60.9 Å². The third kappa shape index (κ3) is 4.43. The monoisotopic (exact) mass is 296 g/mol. The molecule has 1 saturated carbocycles. The molecule has 120 valence electrons. The largest absolute Gasteiger partial charge is 0.481 e. The second kappa shape index (κ2) is 7.25. The molecule has 0 spiro atoms. The van der Waals surface area contributed by atoms with Crippen molar-refractivity contribution in [1.82, 2.24) is 9.80 Å². The fourth-order valence-corrected chi connectivity index (χ4v) is 3.62. The summed E-state index contributed by atoms with van der Waals surface area (Å²) in [6, 6.07) is 0. The van der Waals surface area contributed by atoms with E-state index in [1.807, 2.05) is 11.9 Å². The molecule has 2 rings (SSSR count). The van der Waals surface area contributed by atoms with Gasteiger partial charge in [0.05, 0.1) is 5.92 Å². The van der Waals surface area contributed by atoms with Crippen LogP contribution in [-0.2, 0) is 9.59 Å². The molecule has 1 saturated heterocycles. The first-order valence-corrected chi connectivity index (χ1v) is 8.13. The molecule has 21 heavy (non-hydrogen) atoms. The van der Waals surface area contributed by atoms with E-state index in [9.17, 15) is 9.59 Å². The van der Waals surface area contributed by atoms with Crippen molar-refractivity contribution >= 4 is 11.9 Å². The summed E-state index contributed by atoms with van der Waals surface area (Å²) >= 11 is 0. The molecule has 5 heteroatoms. The summed E-state index contributed by atoms with van der Waals surface area (Å²) in [4.78, 5) is 27.7. The van der Waals surface area contributed by atoms with E-state index in [2.05, 4.69) is 11.9 Å². The van der Waals surface area contributed by atoms with Crippen LogP contribution >= 0.6 is 0 Å². The Hall–Kier alpha value is -1.10. The molecule has 0 unspecified atom stereocenters. The van der Waals surface area contributed by atoms with Crippen LogP contribution < -0.4 is 0 Å². The zero-order valence-electron chi connectivity index (χ0n) is 13.3. The average Bonchev–Trinajstić information content (AvgIpc) is 2.49. The number of hydrogen-bond acceptors (Lipinski definition) is 3. The second-order valence-corrected chi connectivity index (χ2v) is 6.85. The summed E-state index contributed by atoms with van der Waals surface area (Å²) in [6.45, 7) is 3.10. The standard InChI is InChI=1S/C16H28N2O3/c1-17-9-7-12(8-10-17)11-18(2)15(19)13-3-5-14(6-4-13)16(20)21/h12-14H,3-11H2,1-2H3,(H,20,21). The molecule has 2 fully saturated rings. The molecule has 1 aliphatic carbocycles. The van der Waals surface area contributed by atoms with Gasteiger partial charge < -0.3 is 14.9 Å². The minimum atomic E-state index is -0.708. The summed E-state index contributed by atoms with van der Waals surface area (Å²) < 4.78 is 0. The normalized spacial score (nSPS) is 28.3. The first-order chi connectivity index (χ1) is 9.97. The number of carbonyl (C=O) groups is 2. The predicted octanol–water partition coefficient (Wildman–Crippen LogP) is 1.68. The van der Waals surface area contributed by atoms with Crippen LogP contribution in [0.25, 0.3) is 0 Å². The molecule has 0 atom stereocenters. The molecule has 1 aliphatic heterocycles. The number of amides is 1. The number of carboxylic acid groups (broad SMARTS) is 1. The fourth-order valence-electron chi connectivity index (χ4n) is 3.62. The van der Waals surface area contributed by atoms with Gasteiger partial charge in [0.1, 0.15) is 0 Å². The maximum Gasteiger partial charge on any atom is 0.306 e. The van der Waals surface area contributed by atoms with E-state index in [1.165, 1.54) is 12.8 Å². The highest BCUT2D eigenvalue weighted by atomic mass is 16.4. The Kier molecular flexibility index (Phi) is 5.62. The van der Waals surface area contributed by atoms with Crippen LogP contribution in [-0.4, -0.2) is 60.5 Å². The van der Waals surface area contributed by atoms with E-state index in [-0.39, 0.29) is 17.7 Å². The SMILES string of the molecule is CN1CCC(CN(C)C(=O)C2CCC(C(=O)O)CC2)CC1. The van der Waals surface area contributed by atoms with Crippen molar-refractivity contribution in [2.24, 2.45) is 17.8 Å². The first kappa shape index (κ1) is 16.3. The molecule has 0 aromatic heterocycles. The van der Waals surface area contributed by atoms with Gasteiger partial charge in [-0.2, -0.15) is 0 Å². The van der Waals surface area contributed by atoms with Crippen molar-refractivity contribution in [3.63, 3.8) is 0 Å². The predicted molar refractivity (Wildman–Crippen MR) is 80.9 cm³/mol. The summed E-state index contributed by atoms with van der Waals surface area (Å²) in [5, 5.41) is 9.01. The summed E-state index contributed by atoms with van der Waals surface area (Å²) in [5.74, 6) is -0.0750. The molecule has 5 nitrogen and oxygen atoms in total. The van der Waals surface area contributed by atoms with Crippen molar-refractivity contribution in [3.8, 4) is 0 Å². The average molecular weight is 296 g/mol. The number of hydrogen-bond donors (Lipinski definition) is 1. The third-order valence-electron chi connectivity index (χ3n) is 5.17. The Morgan fingerprint density at radius 1 is 1.05 bits per heavy atom. The number of aliphatic carboxylic acids is 1. The van der Waals surface area contributed by atoms with Gasteiger partial charge in [-0.3, -0.25) is 9.59 Å². The number of carboxylic acids is 1. The fraction of sp³-hybridized carbons (Fsp3) is 0.875. The van der Waals surface area contributed by atoms with E-state index in [0.717, 1.165) is 32.5 Å². The van der Waals surface area contributed by atoms with E-state index < -0.39 is 5.97 Å². The van der Waals surface area contributed by atoms with Gasteiger partial charge in [-0.15, -0.1) is 0 Å². The van der Waals surface area contributed by atoms with E-state index >= 15 is 0 Å². The molecular formula is C16H28N2O3. The lowest BCUT2D eigenvalue weighted by atomic mass is 9.81. The molecule has 0 radical (unpaired) electrons. The minimum absolute atomic E-state index is 0.0388. The lowest BCUT2D eigenvalue weighted by Gasteiger charge is -2.34. The summed E-state index contributed by atoms with van der Waals surface area (Å²) in [7, 11) is 4.05. The first-order valence-electron chi connectivity index (χ1n) is 8.13. The van der Waals surface area contributed by atoms with Gasteiger partial charge in [0.2, 0.25) is 5.91 Å². The molecule has 0 bridgehead atoms. The van der Waals surface area contributed by atoms with E-state index in [4.69, 9.17) is 5.11 Å². The van der Waals surface area contributed by atoms with Crippen molar-refractivity contribution in [2.75, 3.05) is 33.7 Å². The highest BCUT2D eigenvalue weighted by molar-refractivity contribution is 5.79. The molecule has 2 aliphatic rings. The lowest BCUT2D eigenvalue weighted by molar-refractivity contribution is -0.145. The van der Waals surface area contributed by atoms with Crippen LogP contribution in [0.4, 0.5) is 0 Å². The van der Waals surface area contributed by atoms with Crippen LogP contribution in [0.5, 0.6) is 0 Å². The van der Waals surface area contributed by atoms with Crippen LogP contribution in [0, 0.1) is 17.8 Å². The molecule has 1 amide bonds. The van der Waals surface area contributed by atoms with Crippen molar-refractivity contribution in [3.05, 3.63) is 0 Å². The van der Waals surface area contributed by atoms with Gasteiger partial charge in [0, 0.05) is 19.5 Å². The number of carbonyl (C=O) groups excluding carboxylic acids is 1. The van der Waals surface area contributed by atoms with Crippen molar-refractivity contribution in [1.29, 1.82) is 0 Å². The zero-order valence-corrected chi connectivity index (χ0v) is 13.3. The van der Waals surface area contributed by atoms with Gasteiger partial charge >= 0.3 is 5.97 Å². The van der Waals surface area contributed by atoms with Gasteiger partial charge in [-0.1, -0.05) is 0 Å². The molecule has 0 aromatic rings. The van der Waals surface area contributed by atoms with Crippen LogP contribution in [0.3, 0.4) is 0 Å². The smallest absolute Gasteiger partial charge is 0.306 e.